The number of halogens is 1. The fourth-order valence-electron chi connectivity index (χ4n) is 1.95. The number of likely N-dealkylation sites (N-methyl/N-ethyl adjacent to an activating group) is 1. The minimum Gasteiger partial charge on any atom is -0.489 e. The molecule has 2 rings (SSSR count). The molecule has 1 heterocycles. The van der Waals surface area contributed by atoms with Crippen LogP contribution in [0.2, 0.25) is 0 Å². The fourth-order valence-corrected chi connectivity index (χ4v) is 2.52. The molecule has 1 atom stereocenters. The van der Waals surface area contributed by atoms with Crippen molar-refractivity contribution in [3.63, 3.8) is 0 Å². The first-order valence-corrected chi connectivity index (χ1v) is 7.35. The first-order valence-electron chi connectivity index (χ1n) is 6.56. The summed E-state index contributed by atoms with van der Waals surface area (Å²) in [4.78, 5) is 0. The molecule has 19 heavy (non-hydrogen) atoms. The number of hydrogen-bond acceptors (Lipinski definition) is 3. The standard InChI is InChI=1S/C15H20BrNO2/c1-10(11(2)17-3)7-12-8-13(16)15-14(9-12)18-5-4-6-19-15/h7-9,11,17H,4-6H2,1-3H3/b10-7+. The largest absolute Gasteiger partial charge is 0.489 e. The molecular weight excluding hydrogens is 306 g/mol. The van der Waals surface area contributed by atoms with E-state index in [2.05, 4.69) is 47.2 Å². The summed E-state index contributed by atoms with van der Waals surface area (Å²) in [5.74, 6) is 1.64. The quantitative estimate of drug-likeness (QED) is 0.920. The van der Waals surface area contributed by atoms with Gasteiger partial charge in [-0.2, -0.15) is 0 Å². The summed E-state index contributed by atoms with van der Waals surface area (Å²) in [5, 5.41) is 3.24. The smallest absolute Gasteiger partial charge is 0.175 e. The summed E-state index contributed by atoms with van der Waals surface area (Å²) >= 11 is 3.56. The second kappa shape index (κ2) is 6.44. The summed E-state index contributed by atoms with van der Waals surface area (Å²) in [5.41, 5.74) is 2.40. The topological polar surface area (TPSA) is 30.5 Å². The molecule has 4 heteroatoms. The number of ether oxygens (including phenoxy) is 2. The van der Waals surface area contributed by atoms with Gasteiger partial charge in [-0.25, -0.2) is 0 Å². The third-order valence-electron chi connectivity index (χ3n) is 3.33. The van der Waals surface area contributed by atoms with Gasteiger partial charge in [-0.15, -0.1) is 0 Å². The molecule has 0 amide bonds. The van der Waals surface area contributed by atoms with Gasteiger partial charge in [0.05, 0.1) is 17.7 Å². The molecule has 0 spiro atoms. The van der Waals surface area contributed by atoms with Crippen molar-refractivity contribution in [2.75, 3.05) is 20.3 Å². The van der Waals surface area contributed by atoms with Gasteiger partial charge in [0.1, 0.15) is 0 Å². The highest BCUT2D eigenvalue weighted by Gasteiger charge is 2.15. The van der Waals surface area contributed by atoms with E-state index in [9.17, 15) is 0 Å². The lowest BCUT2D eigenvalue weighted by molar-refractivity contribution is 0.296. The Hall–Kier alpha value is -1.00. The van der Waals surface area contributed by atoms with Gasteiger partial charge in [-0.1, -0.05) is 11.6 Å². The lowest BCUT2D eigenvalue weighted by Gasteiger charge is -2.13. The summed E-state index contributed by atoms with van der Waals surface area (Å²) in [6.07, 6.45) is 3.09. The molecule has 0 radical (unpaired) electrons. The highest BCUT2D eigenvalue weighted by molar-refractivity contribution is 9.10. The number of fused-ring (bicyclic) bond motifs is 1. The highest BCUT2D eigenvalue weighted by atomic mass is 79.9. The predicted molar refractivity (Wildman–Crippen MR) is 81.9 cm³/mol. The summed E-state index contributed by atoms with van der Waals surface area (Å²) < 4.78 is 12.4. The number of benzene rings is 1. The monoisotopic (exact) mass is 325 g/mol. The van der Waals surface area contributed by atoms with E-state index < -0.39 is 0 Å². The Bertz CT molecular complexity index is 485. The minimum absolute atomic E-state index is 0.356. The van der Waals surface area contributed by atoms with Crippen molar-refractivity contribution in [2.45, 2.75) is 26.3 Å². The van der Waals surface area contributed by atoms with Crippen LogP contribution in [0.1, 0.15) is 25.8 Å². The maximum atomic E-state index is 5.74. The van der Waals surface area contributed by atoms with Crippen LogP contribution in [0.4, 0.5) is 0 Å². The van der Waals surface area contributed by atoms with Gasteiger partial charge < -0.3 is 14.8 Å². The van der Waals surface area contributed by atoms with E-state index in [1.54, 1.807) is 0 Å². The summed E-state index contributed by atoms with van der Waals surface area (Å²) in [7, 11) is 1.96. The van der Waals surface area contributed by atoms with Crippen LogP contribution in [-0.2, 0) is 0 Å². The first kappa shape index (κ1) is 14.4. The van der Waals surface area contributed by atoms with Gasteiger partial charge in [0, 0.05) is 12.5 Å². The minimum atomic E-state index is 0.356. The van der Waals surface area contributed by atoms with Crippen LogP contribution in [0.3, 0.4) is 0 Å². The van der Waals surface area contributed by atoms with Crippen LogP contribution in [0.25, 0.3) is 6.08 Å². The molecule has 1 unspecified atom stereocenters. The second-order valence-electron chi connectivity index (χ2n) is 4.78. The Balaban J connectivity index is 2.33. The van der Waals surface area contributed by atoms with Gasteiger partial charge in [0.2, 0.25) is 0 Å². The maximum absolute atomic E-state index is 5.74. The second-order valence-corrected chi connectivity index (χ2v) is 5.63. The van der Waals surface area contributed by atoms with Crippen molar-refractivity contribution in [1.82, 2.24) is 5.32 Å². The Morgan fingerprint density at radius 3 is 2.84 bits per heavy atom. The van der Waals surface area contributed by atoms with E-state index >= 15 is 0 Å². The van der Waals surface area contributed by atoms with Gasteiger partial charge in [0.15, 0.2) is 11.5 Å². The van der Waals surface area contributed by atoms with Crippen molar-refractivity contribution in [1.29, 1.82) is 0 Å². The SMILES string of the molecule is CNC(C)/C(C)=C/c1cc(Br)c2c(c1)OCCCO2. The van der Waals surface area contributed by atoms with E-state index in [1.165, 1.54) is 5.57 Å². The van der Waals surface area contributed by atoms with Gasteiger partial charge in [-0.05, 0) is 54.5 Å². The van der Waals surface area contributed by atoms with Crippen LogP contribution >= 0.6 is 15.9 Å². The number of rotatable bonds is 3. The zero-order valence-corrected chi connectivity index (χ0v) is 13.2. The molecule has 104 valence electrons. The molecule has 0 saturated heterocycles. The summed E-state index contributed by atoms with van der Waals surface area (Å²) in [6, 6.07) is 4.46. The molecule has 0 aliphatic carbocycles. The van der Waals surface area contributed by atoms with E-state index in [4.69, 9.17) is 9.47 Å². The zero-order chi connectivity index (χ0) is 13.8. The zero-order valence-electron chi connectivity index (χ0n) is 11.6. The van der Waals surface area contributed by atoms with Crippen molar-refractivity contribution in [3.05, 3.63) is 27.7 Å². The molecule has 1 N–H and O–H groups in total. The normalized spacial score (nSPS) is 16.9. The molecule has 0 aromatic heterocycles. The third kappa shape index (κ3) is 3.51. The van der Waals surface area contributed by atoms with Gasteiger partial charge in [-0.3, -0.25) is 0 Å². The maximum Gasteiger partial charge on any atom is 0.175 e. The molecule has 1 aliphatic rings. The van der Waals surface area contributed by atoms with Crippen molar-refractivity contribution >= 4 is 22.0 Å². The molecule has 0 bridgehead atoms. The lowest BCUT2D eigenvalue weighted by atomic mass is 10.1. The third-order valence-corrected chi connectivity index (χ3v) is 3.92. The van der Waals surface area contributed by atoms with Crippen LogP contribution in [0.5, 0.6) is 11.5 Å². The Morgan fingerprint density at radius 1 is 1.37 bits per heavy atom. The molecule has 1 aromatic carbocycles. The van der Waals surface area contributed by atoms with Crippen LogP contribution in [0.15, 0.2) is 22.2 Å². The molecule has 1 aliphatic heterocycles. The van der Waals surface area contributed by atoms with Crippen LogP contribution < -0.4 is 14.8 Å². The number of hydrogen-bond donors (Lipinski definition) is 1. The summed E-state index contributed by atoms with van der Waals surface area (Å²) in [6.45, 7) is 5.68. The van der Waals surface area contributed by atoms with Crippen LogP contribution in [0, 0.1) is 0 Å². The van der Waals surface area contributed by atoms with Gasteiger partial charge >= 0.3 is 0 Å². The predicted octanol–water partition coefficient (Wildman–Crippen LogP) is 3.62. The lowest BCUT2D eigenvalue weighted by Crippen LogP contribution is -2.21. The van der Waals surface area contributed by atoms with Crippen molar-refractivity contribution in [2.24, 2.45) is 0 Å². The molecule has 0 fully saturated rings. The Kier molecular flexibility index (Phi) is 4.88. The number of nitrogens with one attached hydrogen (secondary N) is 1. The van der Waals surface area contributed by atoms with E-state index in [0.717, 1.165) is 28.0 Å². The molecule has 0 saturated carbocycles. The van der Waals surface area contributed by atoms with Gasteiger partial charge in [0.25, 0.3) is 0 Å². The first-order chi connectivity index (χ1) is 9.11. The van der Waals surface area contributed by atoms with Crippen molar-refractivity contribution < 1.29 is 9.47 Å². The van der Waals surface area contributed by atoms with Crippen LogP contribution in [-0.4, -0.2) is 26.3 Å². The van der Waals surface area contributed by atoms with E-state index in [0.29, 0.717) is 19.3 Å². The van der Waals surface area contributed by atoms with E-state index in [-0.39, 0.29) is 0 Å². The average Bonchev–Trinajstić information content (AvgIpc) is 2.63. The Morgan fingerprint density at radius 2 is 2.11 bits per heavy atom. The van der Waals surface area contributed by atoms with E-state index in [1.807, 2.05) is 13.1 Å². The Labute approximate surface area is 123 Å². The molecule has 1 aromatic rings. The molecule has 3 nitrogen and oxygen atoms in total. The van der Waals surface area contributed by atoms with Crippen molar-refractivity contribution in [3.8, 4) is 11.5 Å². The molecular formula is C15H20BrNO2. The highest BCUT2D eigenvalue weighted by Crippen LogP contribution is 2.38. The average molecular weight is 326 g/mol. The fraction of sp³-hybridized carbons (Fsp3) is 0.467.